The van der Waals surface area contributed by atoms with Gasteiger partial charge in [-0.2, -0.15) is 0 Å². The second-order valence-electron chi connectivity index (χ2n) is 16.1. The molecule has 15 heteroatoms. The fourth-order valence-corrected chi connectivity index (χ4v) is 8.89. The Morgan fingerprint density at radius 1 is 0.935 bits per heavy atom. The van der Waals surface area contributed by atoms with E-state index in [9.17, 15) is 29.4 Å². The average Bonchev–Trinajstić information content (AvgIpc) is 3.82. The largest absolute Gasteiger partial charge is 0.506 e. The number of anilines is 2. The van der Waals surface area contributed by atoms with Gasteiger partial charge in [-0.05, 0) is 66.5 Å². The summed E-state index contributed by atoms with van der Waals surface area (Å²) < 4.78 is 11.4. The highest BCUT2D eigenvalue weighted by Crippen LogP contribution is 2.40. The Kier molecular flexibility index (Phi) is 14.4. The molecule has 62 heavy (non-hydrogen) atoms. The number of hydrogen-bond donors (Lipinski definition) is 6. The second kappa shape index (κ2) is 20.3. The SMILES string of the molecule is COc1cc(NC(=O)CCCN(C)C(=O)CCN2CC3CC(OC(=O)Nc4ccccc4-c4ccccc4)CC3C2)c(Cl)cc1CNC[C@H](O)c1ccc(O)c2[nH]c(=O)ccc12. The third-order valence-electron chi connectivity index (χ3n) is 11.8. The van der Waals surface area contributed by atoms with E-state index < -0.39 is 12.2 Å². The zero-order valence-corrected chi connectivity index (χ0v) is 35.6. The minimum Gasteiger partial charge on any atom is -0.506 e. The number of likely N-dealkylation sites (tertiary alicyclic amines) is 1. The van der Waals surface area contributed by atoms with Gasteiger partial charge in [0.15, 0.2) is 0 Å². The van der Waals surface area contributed by atoms with E-state index in [0.717, 1.165) is 37.1 Å². The molecule has 3 amide bonds. The third kappa shape index (κ3) is 10.9. The maximum absolute atomic E-state index is 13.0. The van der Waals surface area contributed by atoms with Crippen molar-refractivity contribution in [2.75, 3.05) is 57.5 Å². The number of rotatable bonds is 17. The molecule has 2 fully saturated rings. The molecule has 1 aliphatic heterocycles. The lowest BCUT2D eigenvalue weighted by Crippen LogP contribution is -2.33. The zero-order valence-electron chi connectivity index (χ0n) is 34.9. The Morgan fingerprint density at radius 3 is 2.44 bits per heavy atom. The van der Waals surface area contributed by atoms with E-state index in [1.165, 1.54) is 19.2 Å². The standard InChI is InChI=1S/C47H53ClN6O8/c1-53(45(59)18-20-54-27-31-21-33(22-32(31)28-54)62-47(60)51-38-12-7-6-11-34(38)29-9-4-3-5-10-29)19-8-13-43(57)50-39-24-42(61-2)30(23-37(39)48)25-49-26-41(56)35-14-16-40(55)46-36(35)15-17-44(58)52-46/h3-7,9-12,14-17,23-24,31-33,41,49,55-56H,8,13,18-22,25-28H2,1-2H3,(H,50,57)(H,51,60)(H,52,58)/t31?,32?,33?,41-/m0/s1. The van der Waals surface area contributed by atoms with Crippen molar-refractivity contribution >= 4 is 51.8 Å². The smallest absolute Gasteiger partial charge is 0.411 e. The van der Waals surface area contributed by atoms with E-state index in [-0.39, 0.29) is 47.7 Å². The summed E-state index contributed by atoms with van der Waals surface area (Å²) in [6, 6.07) is 26.9. The fourth-order valence-electron chi connectivity index (χ4n) is 8.65. The van der Waals surface area contributed by atoms with Gasteiger partial charge in [0.25, 0.3) is 0 Å². The lowest BCUT2D eigenvalue weighted by atomic mass is 10.0. The van der Waals surface area contributed by atoms with Gasteiger partial charge in [0, 0.05) is 87.8 Å². The van der Waals surface area contributed by atoms with Crippen molar-refractivity contribution in [1.29, 1.82) is 0 Å². The molecule has 7 rings (SSSR count). The number of phenols is 1. The fraction of sp³-hybridized carbons (Fsp3) is 0.362. The Balaban J connectivity index is 0.791. The molecule has 0 radical (unpaired) electrons. The number of ether oxygens (including phenoxy) is 2. The summed E-state index contributed by atoms with van der Waals surface area (Å²) in [5.74, 6) is 1.02. The van der Waals surface area contributed by atoms with Gasteiger partial charge in [0.1, 0.15) is 17.6 Å². The Hall–Kier alpha value is -5.93. The van der Waals surface area contributed by atoms with Gasteiger partial charge in [-0.1, -0.05) is 66.2 Å². The number of carbonyl (C=O) groups is 3. The van der Waals surface area contributed by atoms with Crippen LogP contribution in [0.3, 0.4) is 0 Å². The molecule has 3 atom stereocenters. The number of halogens is 1. The first kappa shape index (κ1) is 44.1. The van der Waals surface area contributed by atoms with Crippen LogP contribution in [0.5, 0.6) is 11.5 Å². The second-order valence-corrected chi connectivity index (χ2v) is 16.5. The summed E-state index contributed by atoms with van der Waals surface area (Å²) in [6.07, 6.45) is 1.14. The van der Waals surface area contributed by atoms with Gasteiger partial charge in [0.05, 0.1) is 35.1 Å². The number of nitrogens with zero attached hydrogens (tertiary/aromatic N) is 2. The molecule has 6 N–H and O–H groups in total. The van der Waals surface area contributed by atoms with E-state index >= 15 is 0 Å². The topological polar surface area (TPSA) is 186 Å². The van der Waals surface area contributed by atoms with Crippen molar-refractivity contribution < 1.29 is 34.1 Å². The van der Waals surface area contributed by atoms with Crippen molar-refractivity contribution in [1.82, 2.24) is 20.1 Å². The summed E-state index contributed by atoms with van der Waals surface area (Å²) in [4.78, 5) is 57.2. The number of aromatic nitrogens is 1. The van der Waals surface area contributed by atoms with E-state index in [4.69, 9.17) is 21.1 Å². The van der Waals surface area contributed by atoms with E-state index in [1.54, 1.807) is 36.2 Å². The Morgan fingerprint density at radius 2 is 1.68 bits per heavy atom. The highest BCUT2D eigenvalue weighted by atomic mass is 35.5. The van der Waals surface area contributed by atoms with Crippen molar-refractivity contribution in [2.45, 2.75) is 50.9 Å². The highest BCUT2D eigenvalue weighted by molar-refractivity contribution is 6.33. The van der Waals surface area contributed by atoms with Crippen LogP contribution in [0.4, 0.5) is 16.2 Å². The van der Waals surface area contributed by atoms with Crippen LogP contribution in [-0.2, 0) is 20.9 Å². The van der Waals surface area contributed by atoms with Gasteiger partial charge in [-0.25, -0.2) is 4.79 Å². The minimum atomic E-state index is -0.947. The molecule has 1 aromatic heterocycles. The molecule has 1 saturated carbocycles. The number of para-hydroxylation sites is 1. The van der Waals surface area contributed by atoms with Gasteiger partial charge < -0.3 is 45.1 Å². The predicted octanol–water partition coefficient (Wildman–Crippen LogP) is 6.91. The molecular formula is C47H53ClN6O8. The molecule has 1 saturated heterocycles. The first-order valence-corrected chi connectivity index (χ1v) is 21.3. The minimum absolute atomic E-state index is 0.0217. The molecule has 4 aromatic carbocycles. The van der Waals surface area contributed by atoms with Gasteiger partial charge in [0.2, 0.25) is 17.4 Å². The van der Waals surface area contributed by atoms with Gasteiger partial charge in [-0.15, -0.1) is 0 Å². The summed E-state index contributed by atoms with van der Waals surface area (Å²) in [5, 5.41) is 30.9. The molecule has 326 valence electrons. The van der Waals surface area contributed by atoms with Crippen LogP contribution in [0.15, 0.2) is 95.8 Å². The number of carbonyl (C=O) groups excluding carboxylic acids is 3. The van der Waals surface area contributed by atoms with Crippen LogP contribution in [0.25, 0.3) is 22.0 Å². The average molecular weight is 865 g/mol. The number of benzene rings is 4. The molecule has 2 aliphatic rings. The van der Waals surface area contributed by atoms with Crippen LogP contribution in [0, 0.1) is 11.8 Å². The summed E-state index contributed by atoms with van der Waals surface area (Å²) in [6.45, 7) is 3.28. The maximum atomic E-state index is 13.0. The predicted molar refractivity (Wildman–Crippen MR) is 239 cm³/mol. The van der Waals surface area contributed by atoms with E-state index in [0.29, 0.717) is 83.0 Å². The number of H-pyrrole nitrogens is 1. The quantitative estimate of drug-likeness (QED) is 0.0574. The number of aliphatic hydroxyl groups excluding tert-OH is 1. The molecule has 5 aromatic rings. The zero-order chi connectivity index (χ0) is 43.8. The molecule has 1 aliphatic carbocycles. The third-order valence-corrected chi connectivity index (χ3v) is 12.1. The first-order valence-electron chi connectivity index (χ1n) is 20.9. The van der Waals surface area contributed by atoms with Crippen molar-refractivity contribution in [2.24, 2.45) is 11.8 Å². The van der Waals surface area contributed by atoms with Crippen LogP contribution in [-0.4, -0.2) is 95.9 Å². The number of aliphatic hydroxyl groups is 1. The number of hydrogen-bond acceptors (Lipinski definition) is 10. The molecule has 2 heterocycles. The molecule has 0 spiro atoms. The summed E-state index contributed by atoms with van der Waals surface area (Å²) in [7, 11) is 3.27. The number of pyridine rings is 1. The van der Waals surface area contributed by atoms with Crippen LogP contribution >= 0.6 is 11.6 Å². The highest BCUT2D eigenvalue weighted by Gasteiger charge is 2.42. The number of aromatic amines is 1. The number of aromatic hydroxyl groups is 1. The van der Waals surface area contributed by atoms with Crippen molar-refractivity contribution in [3.8, 4) is 22.6 Å². The van der Waals surface area contributed by atoms with Crippen LogP contribution in [0.1, 0.15) is 49.3 Å². The number of amides is 3. The number of phenolic OH excluding ortho intramolecular Hbond substituents is 1. The lowest BCUT2D eigenvalue weighted by Gasteiger charge is -2.21. The van der Waals surface area contributed by atoms with E-state index in [1.807, 2.05) is 54.6 Å². The lowest BCUT2D eigenvalue weighted by molar-refractivity contribution is -0.130. The molecule has 0 bridgehead atoms. The number of fused-ring (bicyclic) bond motifs is 2. The maximum Gasteiger partial charge on any atom is 0.411 e. The van der Waals surface area contributed by atoms with Gasteiger partial charge >= 0.3 is 6.09 Å². The number of nitrogens with one attached hydrogen (secondary N) is 4. The molecule has 2 unspecified atom stereocenters. The van der Waals surface area contributed by atoms with Crippen LogP contribution < -0.4 is 26.2 Å². The van der Waals surface area contributed by atoms with E-state index in [2.05, 4.69) is 25.8 Å². The summed E-state index contributed by atoms with van der Waals surface area (Å²) in [5.41, 5.74) is 4.21. The summed E-state index contributed by atoms with van der Waals surface area (Å²) >= 11 is 6.58. The molecular weight excluding hydrogens is 812 g/mol. The monoisotopic (exact) mass is 864 g/mol. The van der Waals surface area contributed by atoms with Crippen molar-refractivity contribution in [3.05, 3.63) is 117 Å². The van der Waals surface area contributed by atoms with Gasteiger partial charge in [-0.3, -0.25) is 19.7 Å². The van der Waals surface area contributed by atoms with Crippen LogP contribution in [0.2, 0.25) is 5.02 Å². The Labute approximate surface area is 365 Å². The first-order chi connectivity index (χ1) is 29.9. The van der Waals surface area contributed by atoms with Crippen molar-refractivity contribution in [3.63, 3.8) is 0 Å². The number of methoxy groups -OCH3 is 1. The Bertz CT molecular complexity index is 2430. The normalized spacial score (nSPS) is 17.6. The molecule has 14 nitrogen and oxygen atoms in total.